The molecule has 18 heavy (non-hydrogen) atoms. The van der Waals surface area contributed by atoms with E-state index in [1.807, 2.05) is 17.5 Å². The van der Waals surface area contributed by atoms with Gasteiger partial charge in [-0.2, -0.15) is 0 Å². The lowest BCUT2D eigenvalue weighted by Crippen LogP contribution is -2.30. The van der Waals surface area contributed by atoms with Gasteiger partial charge in [-0.15, -0.1) is 11.3 Å². The van der Waals surface area contributed by atoms with Crippen molar-refractivity contribution in [1.29, 1.82) is 0 Å². The van der Waals surface area contributed by atoms with Crippen molar-refractivity contribution in [3.8, 4) is 0 Å². The molecule has 0 aliphatic heterocycles. The van der Waals surface area contributed by atoms with E-state index < -0.39 is 0 Å². The van der Waals surface area contributed by atoms with Crippen LogP contribution in [0, 0.1) is 0 Å². The zero-order chi connectivity index (χ0) is 13.2. The van der Waals surface area contributed by atoms with E-state index in [1.165, 1.54) is 24.2 Å². The molecule has 0 saturated heterocycles. The Bertz CT molecular complexity index is 319. The predicted molar refractivity (Wildman–Crippen MR) is 78.3 cm³/mol. The smallest absolute Gasteiger partial charge is 0.261 e. The minimum atomic E-state index is 0.0579. The topological polar surface area (TPSA) is 32.3 Å². The van der Waals surface area contributed by atoms with Crippen LogP contribution >= 0.6 is 11.3 Å². The van der Waals surface area contributed by atoms with E-state index >= 15 is 0 Å². The van der Waals surface area contributed by atoms with Crippen molar-refractivity contribution < 1.29 is 4.79 Å². The Labute approximate surface area is 114 Å². The number of thiophene rings is 1. The van der Waals surface area contributed by atoms with Crippen LogP contribution in [0.4, 0.5) is 0 Å². The Morgan fingerprint density at radius 2 is 2.00 bits per heavy atom. The van der Waals surface area contributed by atoms with Crippen LogP contribution in [-0.2, 0) is 0 Å². The highest BCUT2D eigenvalue weighted by Gasteiger charge is 2.06. The molecule has 0 saturated carbocycles. The fourth-order valence-corrected chi connectivity index (χ4v) is 2.61. The lowest BCUT2D eigenvalue weighted by Gasteiger charge is -2.20. The molecule has 0 aliphatic carbocycles. The highest BCUT2D eigenvalue weighted by molar-refractivity contribution is 7.12. The molecule has 1 aromatic heterocycles. The molecule has 0 bridgehead atoms. The fourth-order valence-electron chi connectivity index (χ4n) is 1.97. The molecule has 0 spiro atoms. The second-order valence-electron chi connectivity index (χ2n) is 4.43. The van der Waals surface area contributed by atoms with Crippen molar-refractivity contribution in [2.45, 2.75) is 33.1 Å². The number of nitrogens with zero attached hydrogens (tertiary/aromatic N) is 1. The summed E-state index contributed by atoms with van der Waals surface area (Å²) in [6, 6.07) is 3.77. The first-order chi connectivity index (χ1) is 8.77. The Balaban J connectivity index is 2.15. The highest BCUT2D eigenvalue weighted by Crippen LogP contribution is 2.07. The summed E-state index contributed by atoms with van der Waals surface area (Å²) in [6.07, 6.45) is 3.42. The third-order valence-corrected chi connectivity index (χ3v) is 3.63. The Kier molecular flexibility index (Phi) is 7.69. The van der Waals surface area contributed by atoms with Crippen molar-refractivity contribution in [3.05, 3.63) is 22.4 Å². The van der Waals surface area contributed by atoms with E-state index in [1.54, 1.807) is 0 Å². The lowest BCUT2D eigenvalue weighted by molar-refractivity contribution is 0.0955. The molecular formula is C14H24N2OS. The maximum atomic E-state index is 11.7. The molecule has 0 aliphatic rings. The third-order valence-electron chi connectivity index (χ3n) is 2.76. The van der Waals surface area contributed by atoms with Crippen molar-refractivity contribution in [1.82, 2.24) is 10.2 Å². The number of hydrogen-bond acceptors (Lipinski definition) is 3. The van der Waals surface area contributed by atoms with Gasteiger partial charge in [0.05, 0.1) is 4.88 Å². The van der Waals surface area contributed by atoms with E-state index in [0.29, 0.717) is 0 Å². The number of amides is 1. The Morgan fingerprint density at radius 3 is 2.56 bits per heavy atom. The summed E-state index contributed by atoms with van der Waals surface area (Å²) in [5, 5.41) is 4.90. The zero-order valence-electron chi connectivity index (χ0n) is 11.4. The van der Waals surface area contributed by atoms with Gasteiger partial charge < -0.3 is 10.2 Å². The van der Waals surface area contributed by atoms with Gasteiger partial charge in [0.25, 0.3) is 5.91 Å². The van der Waals surface area contributed by atoms with Gasteiger partial charge in [-0.3, -0.25) is 4.79 Å². The van der Waals surface area contributed by atoms with Crippen LogP contribution in [0.25, 0.3) is 0 Å². The second-order valence-corrected chi connectivity index (χ2v) is 5.38. The molecule has 0 aromatic carbocycles. The van der Waals surface area contributed by atoms with Gasteiger partial charge in [0, 0.05) is 6.54 Å². The average Bonchev–Trinajstić information content (AvgIpc) is 2.88. The zero-order valence-corrected chi connectivity index (χ0v) is 12.3. The van der Waals surface area contributed by atoms with E-state index in [0.717, 1.165) is 37.5 Å². The molecule has 102 valence electrons. The van der Waals surface area contributed by atoms with Gasteiger partial charge in [-0.1, -0.05) is 19.9 Å². The van der Waals surface area contributed by atoms with Crippen LogP contribution in [0.1, 0.15) is 42.8 Å². The number of nitrogens with one attached hydrogen (secondary N) is 1. The van der Waals surface area contributed by atoms with Crippen molar-refractivity contribution in [3.63, 3.8) is 0 Å². The van der Waals surface area contributed by atoms with Crippen molar-refractivity contribution in [2.75, 3.05) is 26.2 Å². The molecule has 0 unspecified atom stereocenters. The first kappa shape index (κ1) is 15.2. The molecule has 0 radical (unpaired) electrons. The molecule has 1 N–H and O–H groups in total. The summed E-state index contributed by atoms with van der Waals surface area (Å²) < 4.78 is 0. The largest absolute Gasteiger partial charge is 0.351 e. The molecule has 4 heteroatoms. The molecule has 3 nitrogen and oxygen atoms in total. The summed E-state index contributed by atoms with van der Waals surface area (Å²) in [5.41, 5.74) is 0. The van der Waals surface area contributed by atoms with E-state index in [2.05, 4.69) is 24.1 Å². The van der Waals surface area contributed by atoms with Crippen LogP contribution in [-0.4, -0.2) is 37.0 Å². The van der Waals surface area contributed by atoms with E-state index in [9.17, 15) is 4.79 Å². The van der Waals surface area contributed by atoms with Crippen LogP contribution < -0.4 is 5.32 Å². The predicted octanol–water partition coefficient (Wildman–Crippen LogP) is 2.99. The average molecular weight is 268 g/mol. The molecule has 1 aromatic rings. The van der Waals surface area contributed by atoms with E-state index in [-0.39, 0.29) is 5.91 Å². The quantitative estimate of drug-likeness (QED) is 0.698. The summed E-state index contributed by atoms with van der Waals surface area (Å²) in [5.74, 6) is 0.0579. The number of carbonyl (C=O) groups is 1. The summed E-state index contributed by atoms with van der Waals surface area (Å²) >= 11 is 1.49. The van der Waals surface area contributed by atoms with Gasteiger partial charge in [-0.05, 0) is 50.3 Å². The third kappa shape index (κ3) is 5.65. The lowest BCUT2D eigenvalue weighted by atomic mass is 10.3. The molecule has 0 atom stereocenters. The maximum Gasteiger partial charge on any atom is 0.261 e. The van der Waals surface area contributed by atoms with Gasteiger partial charge in [0.15, 0.2) is 0 Å². The molecular weight excluding hydrogens is 244 g/mol. The van der Waals surface area contributed by atoms with Crippen molar-refractivity contribution in [2.24, 2.45) is 0 Å². The van der Waals surface area contributed by atoms with Crippen LogP contribution in [0.3, 0.4) is 0 Å². The van der Waals surface area contributed by atoms with E-state index in [4.69, 9.17) is 0 Å². The summed E-state index contributed by atoms with van der Waals surface area (Å²) in [6.45, 7) is 8.58. The maximum absolute atomic E-state index is 11.7. The second kappa shape index (κ2) is 9.11. The highest BCUT2D eigenvalue weighted by atomic mass is 32.1. The number of carbonyl (C=O) groups excluding carboxylic acids is 1. The first-order valence-electron chi connectivity index (χ1n) is 6.82. The Morgan fingerprint density at radius 1 is 1.28 bits per heavy atom. The fraction of sp³-hybridized carbons (Fsp3) is 0.643. The van der Waals surface area contributed by atoms with Gasteiger partial charge >= 0.3 is 0 Å². The monoisotopic (exact) mass is 268 g/mol. The standard InChI is InChI=1S/C14H24N2OS/c1-3-9-16(10-4-2)11-6-8-15-14(17)13-7-5-12-18-13/h5,7,12H,3-4,6,8-11H2,1-2H3,(H,15,17). The molecule has 1 amide bonds. The number of rotatable bonds is 9. The van der Waals surface area contributed by atoms with Crippen LogP contribution in [0.15, 0.2) is 17.5 Å². The normalized spacial score (nSPS) is 10.8. The molecule has 1 heterocycles. The van der Waals surface area contributed by atoms with Gasteiger partial charge in [-0.25, -0.2) is 0 Å². The SMILES string of the molecule is CCCN(CCC)CCCNC(=O)c1cccs1. The summed E-state index contributed by atoms with van der Waals surface area (Å²) in [7, 11) is 0. The Hall–Kier alpha value is -0.870. The van der Waals surface area contributed by atoms with Crippen LogP contribution in [0.2, 0.25) is 0 Å². The minimum absolute atomic E-state index is 0.0579. The molecule has 1 rings (SSSR count). The first-order valence-corrected chi connectivity index (χ1v) is 7.70. The van der Waals surface area contributed by atoms with Crippen molar-refractivity contribution >= 4 is 17.2 Å². The van der Waals surface area contributed by atoms with Crippen LogP contribution in [0.5, 0.6) is 0 Å². The number of hydrogen-bond donors (Lipinski definition) is 1. The minimum Gasteiger partial charge on any atom is -0.351 e. The molecule has 0 fully saturated rings. The summed E-state index contributed by atoms with van der Waals surface area (Å²) in [4.78, 5) is 15.0. The van der Waals surface area contributed by atoms with Gasteiger partial charge in [0.1, 0.15) is 0 Å². The van der Waals surface area contributed by atoms with Gasteiger partial charge in [0.2, 0.25) is 0 Å².